The molecule has 0 spiro atoms. The maximum atomic E-state index is 12.4. The van der Waals surface area contributed by atoms with Gasteiger partial charge in [0.1, 0.15) is 9.88 Å². The van der Waals surface area contributed by atoms with Gasteiger partial charge < -0.3 is 0 Å². The Labute approximate surface area is 168 Å². The molecular formula is C18H13ClN4O4S. The molecule has 0 saturated heterocycles. The van der Waals surface area contributed by atoms with Crippen LogP contribution in [0.1, 0.15) is 25.7 Å². The van der Waals surface area contributed by atoms with Gasteiger partial charge >= 0.3 is 0 Å². The lowest BCUT2D eigenvalue weighted by atomic mass is 10.2. The van der Waals surface area contributed by atoms with Crippen molar-refractivity contribution in [3.63, 3.8) is 0 Å². The molecule has 3 rings (SSSR count). The minimum atomic E-state index is -0.771. The molecule has 2 aromatic carbocycles. The number of hydrogen-bond donors (Lipinski definition) is 2. The van der Waals surface area contributed by atoms with Crippen LogP contribution in [0.5, 0.6) is 0 Å². The van der Waals surface area contributed by atoms with Crippen molar-refractivity contribution >= 4 is 40.4 Å². The third kappa shape index (κ3) is 4.16. The van der Waals surface area contributed by atoms with E-state index in [4.69, 9.17) is 11.6 Å². The number of hydrogen-bond acceptors (Lipinski definition) is 6. The molecule has 0 bridgehead atoms. The van der Waals surface area contributed by atoms with E-state index in [0.29, 0.717) is 15.6 Å². The first kappa shape index (κ1) is 19.5. The molecule has 142 valence electrons. The molecule has 0 fully saturated rings. The molecule has 0 aliphatic carbocycles. The maximum absolute atomic E-state index is 12.4. The summed E-state index contributed by atoms with van der Waals surface area (Å²) in [6, 6.07) is 12.8. The Morgan fingerprint density at radius 2 is 1.79 bits per heavy atom. The van der Waals surface area contributed by atoms with Gasteiger partial charge in [-0.05, 0) is 13.0 Å². The first-order chi connectivity index (χ1) is 13.4. The van der Waals surface area contributed by atoms with Crippen molar-refractivity contribution in [3.05, 3.63) is 79.8 Å². The predicted molar refractivity (Wildman–Crippen MR) is 105 cm³/mol. The first-order valence-corrected chi connectivity index (χ1v) is 9.13. The van der Waals surface area contributed by atoms with Gasteiger partial charge in [0.15, 0.2) is 0 Å². The lowest BCUT2D eigenvalue weighted by Gasteiger charge is -2.07. The SMILES string of the molecule is Cc1nc(-c2ccccc2)sc1C(=O)NNC(=O)c1cc([N+](=O)[O-])ccc1Cl. The number of amides is 2. The summed E-state index contributed by atoms with van der Waals surface area (Å²) in [5.41, 5.74) is 5.48. The molecule has 3 aromatic rings. The van der Waals surface area contributed by atoms with E-state index in [1.165, 1.54) is 23.5 Å². The van der Waals surface area contributed by atoms with Crippen molar-refractivity contribution in [2.75, 3.05) is 0 Å². The summed E-state index contributed by atoms with van der Waals surface area (Å²) in [6.07, 6.45) is 0. The normalized spacial score (nSPS) is 10.4. The average molecular weight is 417 g/mol. The van der Waals surface area contributed by atoms with Crippen LogP contribution in [-0.4, -0.2) is 21.7 Å². The highest BCUT2D eigenvalue weighted by Gasteiger charge is 2.19. The summed E-state index contributed by atoms with van der Waals surface area (Å²) in [5.74, 6) is -1.32. The van der Waals surface area contributed by atoms with Crippen molar-refractivity contribution in [1.82, 2.24) is 15.8 Å². The number of aromatic nitrogens is 1. The van der Waals surface area contributed by atoms with E-state index in [1.807, 2.05) is 30.3 Å². The third-order valence-electron chi connectivity index (χ3n) is 3.72. The Morgan fingerprint density at radius 3 is 2.46 bits per heavy atom. The third-order valence-corrected chi connectivity index (χ3v) is 5.25. The van der Waals surface area contributed by atoms with E-state index in [-0.39, 0.29) is 16.3 Å². The van der Waals surface area contributed by atoms with E-state index < -0.39 is 16.7 Å². The number of rotatable bonds is 4. The second-order valence-electron chi connectivity index (χ2n) is 5.63. The van der Waals surface area contributed by atoms with Crippen LogP contribution >= 0.6 is 22.9 Å². The van der Waals surface area contributed by atoms with Crippen molar-refractivity contribution in [3.8, 4) is 10.6 Å². The Bertz CT molecular complexity index is 1070. The van der Waals surface area contributed by atoms with Gasteiger partial charge in [-0.25, -0.2) is 4.98 Å². The number of nitro groups is 1. The highest BCUT2D eigenvalue weighted by Crippen LogP contribution is 2.27. The number of nitrogens with one attached hydrogen (secondary N) is 2. The molecule has 0 saturated carbocycles. The number of carbonyl (C=O) groups is 2. The number of aryl methyl sites for hydroxylation is 1. The van der Waals surface area contributed by atoms with Crippen molar-refractivity contribution in [2.24, 2.45) is 0 Å². The summed E-state index contributed by atoms with van der Waals surface area (Å²) in [5, 5.41) is 11.6. The predicted octanol–water partition coefficient (Wildman–Crippen LogP) is 3.75. The second kappa shape index (κ2) is 8.15. The molecular weight excluding hydrogens is 404 g/mol. The van der Waals surface area contributed by atoms with Gasteiger partial charge in [0.2, 0.25) is 0 Å². The van der Waals surface area contributed by atoms with Gasteiger partial charge in [0, 0.05) is 17.7 Å². The van der Waals surface area contributed by atoms with E-state index >= 15 is 0 Å². The Hall–Kier alpha value is -3.30. The van der Waals surface area contributed by atoms with Crippen LogP contribution in [-0.2, 0) is 0 Å². The molecule has 2 N–H and O–H groups in total. The zero-order chi connectivity index (χ0) is 20.3. The zero-order valence-corrected chi connectivity index (χ0v) is 16.0. The highest BCUT2D eigenvalue weighted by atomic mass is 35.5. The number of nitrogens with zero attached hydrogens (tertiary/aromatic N) is 2. The van der Waals surface area contributed by atoms with E-state index in [1.54, 1.807) is 6.92 Å². The number of non-ortho nitro benzene ring substituents is 1. The fourth-order valence-corrected chi connectivity index (χ4v) is 3.52. The minimum absolute atomic E-state index is 0.0256. The summed E-state index contributed by atoms with van der Waals surface area (Å²) >= 11 is 7.11. The van der Waals surface area contributed by atoms with Crippen molar-refractivity contribution in [1.29, 1.82) is 0 Å². The Morgan fingerprint density at radius 1 is 1.11 bits per heavy atom. The number of carbonyl (C=O) groups excluding carboxylic acids is 2. The van der Waals surface area contributed by atoms with E-state index in [9.17, 15) is 19.7 Å². The number of halogens is 1. The molecule has 1 heterocycles. The molecule has 0 aliphatic heterocycles. The maximum Gasteiger partial charge on any atom is 0.281 e. The fraction of sp³-hybridized carbons (Fsp3) is 0.0556. The van der Waals surface area contributed by atoms with Crippen LogP contribution in [0.2, 0.25) is 5.02 Å². The largest absolute Gasteiger partial charge is 0.281 e. The lowest BCUT2D eigenvalue weighted by molar-refractivity contribution is -0.384. The molecule has 0 aliphatic rings. The molecule has 1 aromatic heterocycles. The second-order valence-corrected chi connectivity index (χ2v) is 7.04. The minimum Gasteiger partial charge on any atom is -0.267 e. The standard InChI is InChI=1S/C18H13ClN4O4S/c1-10-15(28-18(20-10)11-5-3-2-4-6-11)17(25)22-21-16(24)13-9-12(23(26)27)7-8-14(13)19/h2-9H,1H3,(H,21,24)(H,22,25). The number of hydrazine groups is 1. The van der Waals surface area contributed by atoms with Gasteiger partial charge in [-0.1, -0.05) is 41.9 Å². The Balaban J connectivity index is 1.73. The topological polar surface area (TPSA) is 114 Å². The molecule has 2 amide bonds. The van der Waals surface area contributed by atoms with Crippen LogP contribution in [0.3, 0.4) is 0 Å². The quantitative estimate of drug-likeness (QED) is 0.496. The lowest BCUT2D eigenvalue weighted by Crippen LogP contribution is -2.41. The molecule has 10 heteroatoms. The number of nitro benzene ring substituents is 1. The smallest absolute Gasteiger partial charge is 0.267 e. The van der Waals surface area contributed by atoms with Crippen LogP contribution in [0.25, 0.3) is 10.6 Å². The first-order valence-electron chi connectivity index (χ1n) is 7.94. The van der Waals surface area contributed by atoms with E-state index in [0.717, 1.165) is 11.6 Å². The number of thiazole rings is 1. The molecule has 0 radical (unpaired) electrons. The van der Waals surface area contributed by atoms with Gasteiger partial charge in [-0.3, -0.25) is 30.6 Å². The van der Waals surface area contributed by atoms with Gasteiger partial charge in [-0.15, -0.1) is 11.3 Å². The average Bonchev–Trinajstić information content (AvgIpc) is 3.08. The molecule has 0 atom stereocenters. The van der Waals surface area contributed by atoms with Crippen molar-refractivity contribution < 1.29 is 14.5 Å². The molecule has 28 heavy (non-hydrogen) atoms. The number of benzene rings is 2. The molecule has 0 unspecified atom stereocenters. The van der Waals surface area contributed by atoms with Gasteiger partial charge in [0.05, 0.1) is 21.2 Å². The van der Waals surface area contributed by atoms with Gasteiger partial charge in [0.25, 0.3) is 17.5 Å². The summed E-state index contributed by atoms with van der Waals surface area (Å²) in [7, 11) is 0. The summed E-state index contributed by atoms with van der Waals surface area (Å²) in [4.78, 5) is 39.6. The monoisotopic (exact) mass is 416 g/mol. The van der Waals surface area contributed by atoms with Gasteiger partial charge in [-0.2, -0.15) is 0 Å². The summed E-state index contributed by atoms with van der Waals surface area (Å²) in [6.45, 7) is 1.69. The van der Waals surface area contributed by atoms with Crippen LogP contribution in [0.4, 0.5) is 5.69 Å². The highest BCUT2D eigenvalue weighted by molar-refractivity contribution is 7.17. The van der Waals surface area contributed by atoms with Crippen LogP contribution in [0.15, 0.2) is 48.5 Å². The Kier molecular flexibility index (Phi) is 5.67. The van der Waals surface area contributed by atoms with Crippen LogP contribution in [0, 0.1) is 17.0 Å². The zero-order valence-electron chi connectivity index (χ0n) is 14.4. The van der Waals surface area contributed by atoms with Crippen LogP contribution < -0.4 is 10.9 Å². The van der Waals surface area contributed by atoms with Crippen molar-refractivity contribution in [2.45, 2.75) is 6.92 Å². The summed E-state index contributed by atoms with van der Waals surface area (Å²) < 4.78 is 0. The molecule has 8 nitrogen and oxygen atoms in total. The fourth-order valence-electron chi connectivity index (χ4n) is 2.35. The van der Waals surface area contributed by atoms with E-state index in [2.05, 4.69) is 15.8 Å².